The minimum Gasteiger partial charge on any atom is -0.478 e. The summed E-state index contributed by atoms with van der Waals surface area (Å²) in [5, 5.41) is 18.6. The first-order valence-corrected chi connectivity index (χ1v) is 11.4. The van der Waals surface area contributed by atoms with Gasteiger partial charge >= 0.3 is 11.9 Å². The summed E-state index contributed by atoms with van der Waals surface area (Å²) in [6, 6.07) is 0. The molecule has 0 bridgehead atoms. The molecule has 8 heteroatoms. The van der Waals surface area contributed by atoms with Gasteiger partial charge in [0, 0.05) is 11.1 Å². The van der Waals surface area contributed by atoms with Crippen molar-refractivity contribution in [3.8, 4) is 0 Å². The van der Waals surface area contributed by atoms with E-state index in [1.54, 1.807) is 0 Å². The fraction of sp³-hybridized carbons (Fsp3) is 0.789. The summed E-state index contributed by atoms with van der Waals surface area (Å²) in [6.07, 6.45) is 10.8. The number of carboxylic acid groups (broad SMARTS) is 2. The Kier molecular flexibility index (Phi) is 13.9. The maximum atomic E-state index is 11.4. The van der Waals surface area contributed by atoms with E-state index in [2.05, 4.69) is 6.92 Å². The van der Waals surface area contributed by atoms with Crippen LogP contribution in [0.1, 0.15) is 90.4 Å². The number of rotatable bonds is 17. The molecule has 0 aromatic heterocycles. The summed E-state index contributed by atoms with van der Waals surface area (Å²) in [5.41, 5.74) is -0.445. The largest absolute Gasteiger partial charge is 0.478 e. The molecule has 0 aromatic rings. The average molecular weight is 407 g/mol. The first-order valence-electron chi connectivity index (χ1n) is 9.82. The molecule has 0 aromatic carbocycles. The Labute approximate surface area is 162 Å². The number of carboxylic acids is 2. The number of carbonyl (C=O) groups is 2. The molecular formula is C19H34O7S. The van der Waals surface area contributed by atoms with E-state index in [9.17, 15) is 28.2 Å². The van der Waals surface area contributed by atoms with Gasteiger partial charge in [-0.15, -0.1) is 0 Å². The second kappa shape index (κ2) is 14.6. The molecular weight excluding hydrogens is 372 g/mol. The van der Waals surface area contributed by atoms with Crippen molar-refractivity contribution in [1.29, 1.82) is 0 Å². The Morgan fingerprint density at radius 2 is 1.04 bits per heavy atom. The first kappa shape index (κ1) is 25.6. The molecule has 0 atom stereocenters. The molecule has 3 N–H and O–H groups in total. The summed E-state index contributed by atoms with van der Waals surface area (Å²) in [5.74, 6) is -3.22. The van der Waals surface area contributed by atoms with E-state index in [-0.39, 0.29) is 30.4 Å². The molecule has 0 aliphatic carbocycles. The smallest absolute Gasteiger partial charge is 0.332 e. The van der Waals surface area contributed by atoms with Crippen molar-refractivity contribution in [3.05, 3.63) is 11.1 Å². The molecule has 0 heterocycles. The highest BCUT2D eigenvalue weighted by atomic mass is 32.2. The number of hydrogen-bond acceptors (Lipinski definition) is 4. The van der Waals surface area contributed by atoms with Crippen LogP contribution >= 0.6 is 0 Å². The molecule has 158 valence electrons. The fourth-order valence-corrected chi connectivity index (χ4v) is 3.50. The molecule has 0 radical (unpaired) electrons. The van der Waals surface area contributed by atoms with Gasteiger partial charge in [0.1, 0.15) is 0 Å². The van der Waals surface area contributed by atoms with Crippen molar-refractivity contribution in [2.45, 2.75) is 90.4 Å². The van der Waals surface area contributed by atoms with E-state index in [1.165, 1.54) is 38.5 Å². The molecule has 0 amide bonds. The maximum Gasteiger partial charge on any atom is 0.332 e. The molecule has 0 saturated heterocycles. The van der Waals surface area contributed by atoms with Gasteiger partial charge in [-0.1, -0.05) is 64.7 Å². The van der Waals surface area contributed by atoms with Crippen LogP contribution in [0.25, 0.3) is 0 Å². The van der Waals surface area contributed by atoms with Gasteiger partial charge in [0.05, 0.1) is 5.75 Å². The van der Waals surface area contributed by atoms with Crippen LogP contribution in [0, 0.1) is 0 Å². The van der Waals surface area contributed by atoms with Crippen LogP contribution in [-0.4, -0.2) is 40.9 Å². The lowest BCUT2D eigenvalue weighted by Gasteiger charge is -2.09. The lowest BCUT2D eigenvalue weighted by Crippen LogP contribution is -2.13. The summed E-state index contributed by atoms with van der Waals surface area (Å²) in [4.78, 5) is 22.8. The standard InChI is InChI=1S/C19H34O7S/c1-2-3-4-5-6-7-8-9-10-11-13-16(18(20)21)17(19(22)23)14-12-15-27(24,25)26/h2-15H2,1H3,(H,20,21)(H,22,23)(H,24,25,26). The van der Waals surface area contributed by atoms with Crippen LogP contribution in [0.2, 0.25) is 0 Å². The average Bonchev–Trinajstić information content (AvgIpc) is 2.56. The van der Waals surface area contributed by atoms with Gasteiger partial charge in [-0.05, 0) is 25.7 Å². The van der Waals surface area contributed by atoms with E-state index in [4.69, 9.17) is 4.55 Å². The van der Waals surface area contributed by atoms with E-state index in [1.807, 2.05) is 0 Å². The van der Waals surface area contributed by atoms with Gasteiger partial charge < -0.3 is 10.2 Å². The normalized spacial score (nSPS) is 12.7. The van der Waals surface area contributed by atoms with E-state index in [0.29, 0.717) is 6.42 Å². The maximum absolute atomic E-state index is 11.4. The third kappa shape index (κ3) is 14.3. The third-order valence-corrected chi connectivity index (χ3v) is 5.29. The summed E-state index contributed by atoms with van der Waals surface area (Å²) in [7, 11) is -4.19. The Hall–Kier alpha value is -1.41. The SMILES string of the molecule is CCCCCCCCCCCCC(C(=O)O)=C(CCCS(=O)(=O)O)C(=O)O. The Morgan fingerprint density at radius 1 is 0.667 bits per heavy atom. The Balaban J connectivity index is 4.35. The van der Waals surface area contributed by atoms with E-state index in [0.717, 1.165) is 19.3 Å². The van der Waals surface area contributed by atoms with Crippen LogP contribution < -0.4 is 0 Å². The fourth-order valence-electron chi connectivity index (χ4n) is 2.99. The van der Waals surface area contributed by atoms with Gasteiger partial charge in [-0.3, -0.25) is 4.55 Å². The summed E-state index contributed by atoms with van der Waals surface area (Å²) in [6.45, 7) is 2.18. The highest BCUT2D eigenvalue weighted by Gasteiger charge is 2.20. The summed E-state index contributed by atoms with van der Waals surface area (Å²) >= 11 is 0. The first-order chi connectivity index (χ1) is 12.7. The van der Waals surface area contributed by atoms with Gasteiger partial charge in [-0.2, -0.15) is 8.42 Å². The van der Waals surface area contributed by atoms with Crippen molar-refractivity contribution in [1.82, 2.24) is 0 Å². The molecule has 7 nitrogen and oxygen atoms in total. The van der Waals surface area contributed by atoms with E-state index >= 15 is 0 Å². The van der Waals surface area contributed by atoms with E-state index < -0.39 is 27.8 Å². The van der Waals surface area contributed by atoms with Crippen molar-refractivity contribution in [2.24, 2.45) is 0 Å². The van der Waals surface area contributed by atoms with Crippen molar-refractivity contribution in [2.75, 3.05) is 5.75 Å². The van der Waals surface area contributed by atoms with Crippen molar-refractivity contribution in [3.63, 3.8) is 0 Å². The predicted octanol–water partition coefficient (Wildman–Crippen LogP) is 4.43. The molecule has 0 aliphatic heterocycles. The zero-order valence-electron chi connectivity index (χ0n) is 16.3. The van der Waals surface area contributed by atoms with Crippen molar-refractivity contribution >= 4 is 22.1 Å². The number of hydrogen-bond donors (Lipinski definition) is 3. The predicted molar refractivity (Wildman–Crippen MR) is 104 cm³/mol. The number of unbranched alkanes of at least 4 members (excludes halogenated alkanes) is 9. The van der Waals surface area contributed by atoms with Crippen LogP contribution in [-0.2, 0) is 19.7 Å². The minimum atomic E-state index is -4.19. The molecule has 0 aliphatic rings. The van der Waals surface area contributed by atoms with Gasteiger partial charge in [0.2, 0.25) is 0 Å². The Bertz CT molecular complexity index is 579. The zero-order chi connectivity index (χ0) is 20.7. The van der Waals surface area contributed by atoms with Gasteiger partial charge in [0.15, 0.2) is 0 Å². The second-order valence-electron chi connectivity index (χ2n) is 6.89. The number of aliphatic carboxylic acids is 2. The topological polar surface area (TPSA) is 129 Å². The lowest BCUT2D eigenvalue weighted by atomic mass is 9.97. The molecule has 0 spiro atoms. The minimum absolute atomic E-state index is 0.130. The monoisotopic (exact) mass is 406 g/mol. The summed E-state index contributed by atoms with van der Waals surface area (Å²) < 4.78 is 30.2. The van der Waals surface area contributed by atoms with Crippen LogP contribution in [0.15, 0.2) is 11.1 Å². The molecule has 0 saturated carbocycles. The molecule has 27 heavy (non-hydrogen) atoms. The third-order valence-electron chi connectivity index (χ3n) is 4.49. The van der Waals surface area contributed by atoms with Gasteiger partial charge in [0.25, 0.3) is 10.1 Å². The van der Waals surface area contributed by atoms with Crippen LogP contribution in [0.3, 0.4) is 0 Å². The van der Waals surface area contributed by atoms with Gasteiger partial charge in [-0.25, -0.2) is 9.59 Å². The molecule has 0 fully saturated rings. The highest BCUT2D eigenvalue weighted by molar-refractivity contribution is 7.85. The van der Waals surface area contributed by atoms with Crippen LogP contribution in [0.5, 0.6) is 0 Å². The zero-order valence-corrected chi connectivity index (χ0v) is 17.1. The molecule has 0 unspecified atom stereocenters. The Morgan fingerprint density at radius 3 is 1.41 bits per heavy atom. The van der Waals surface area contributed by atoms with Crippen molar-refractivity contribution < 1.29 is 32.8 Å². The lowest BCUT2D eigenvalue weighted by molar-refractivity contribution is -0.136. The quantitative estimate of drug-likeness (QED) is 0.185. The van der Waals surface area contributed by atoms with Crippen LogP contribution in [0.4, 0.5) is 0 Å². The second-order valence-corrected chi connectivity index (χ2v) is 8.46. The highest BCUT2D eigenvalue weighted by Crippen LogP contribution is 2.20. The molecule has 0 rings (SSSR count).